The number of halogens is 1. The Balaban J connectivity index is 1.78. The molecule has 0 atom stereocenters. The lowest BCUT2D eigenvalue weighted by Gasteiger charge is -2.08. The number of hydrogen-bond acceptors (Lipinski definition) is 5. The fraction of sp³-hybridized carbons (Fsp3) is 0.158. The first-order chi connectivity index (χ1) is 13.5. The van der Waals surface area contributed by atoms with Crippen molar-refractivity contribution >= 4 is 17.6 Å². The summed E-state index contributed by atoms with van der Waals surface area (Å²) in [6, 6.07) is 10.3. The molecule has 3 rings (SSSR count). The van der Waals surface area contributed by atoms with E-state index in [-0.39, 0.29) is 30.2 Å². The molecule has 0 spiro atoms. The number of benzene rings is 1. The number of pyridine rings is 1. The van der Waals surface area contributed by atoms with Crippen LogP contribution >= 0.6 is 0 Å². The molecule has 1 aromatic carbocycles. The maximum absolute atomic E-state index is 13.8. The SMILES string of the molecule is CCOC(=O)Cn1cccc(NC(=O)c2ccn(-c3ccccc3F)n2)c1=O. The van der Waals surface area contributed by atoms with Gasteiger partial charge in [0.15, 0.2) is 5.69 Å². The van der Waals surface area contributed by atoms with Crippen molar-refractivity contribution in [1.29, 1.82) is 0 Å². The number of esters is 1. The molecule has 144 valence electrons. The van der Waals surface area contributed by atoms with E-state index < -0.39 is 23.3 Å². The van der Waals surface area contributed by atoms with E-state index in [2.05, 4.69) is 10.4 Å². The number of carbonyl (C=O) groups excluding carboxylic acids is 2. The van der Waals surface area contributed by atoms with Crippen LogP contribution in [-0.2, 0) is 16.1 Å². The van der Waals surface area contributed by atoms with Gasteiger partial charge < -0.3 is 14.6 Å². The summed E-state index contributed by atoms with van der Waals surface area (Å²) in [4.78, 5) is 36.4. The van der Waals surface area contributed by atoms with E-state index in [9.17, 15) is 18.8 Å². The zero-order valence-electron chi connectivity index (χ0n) is 15.0. The first-order valence-corrected chi connectivity index (χ1v) is 8.46. The first-order valence-electron chi connectivity index (χ1n) is 8.46. The minimum absolute atomic E-state index is 0.00319. The third-order valence-corrected chi connectivity index (χ3v) is 3.79. The van der Waals surface area contributed by atoms with Gasteiger partial charge in [-0.3, -0.25) is 14.4 Å². The van der Waals surface area contributed by atoms with Gasteiger partial charge in [-0.05, 0) is 37.3 Å². The number of rotatable bonds is 6. The van der Waals surface area contributed by atoms with Crippen molar-refractivity contribution in [3.05, 3.63) is 76.7 Å². The van der Waals surface area contributed by atoms with Crippen LogP contribution in [0.3, 0.4) is 0 Å². The number of hydrogen-bond donors (Lipinski definition) is 1. The van der Waals surface area contributed by atoms with Crippen LogP contribution < -0.4 is 10.9 Å². The van der Waals surface area contributed by atoms with Crippen molar-refractivity contribution in [1.82, 2.24) is 14.3 Å². The topological polar surface area (TPSA) is 95.2 Å². The van der Waals surface area contributed by atoms with Gasteiger partial charge in [0.2, 0.25) is 0 Å². The van der Waals surface area contributed by atoms with Gasteiger partial charge in [-0.1, -0.05) is 12.1 Å². The summed E-state index contributed by atoms with van der Waals surface area (Å²) in [6.07, 6.45) is 2.86. The van der Waals surface area contributed by atoms with Crippen LogP contribution in [0.25, 0.3) is 5.69 Å². The Labute approximate surface area is 159 Å². The third-order valence-electron chi connectivity index (χ3n) is 3.79. The lowest BCUT2D eigenvalue weighted by Crippen LogP contribution is -2.28. The number of carbonyl (C=O) groups is 2. The second-order valence-corrected chi connectivity index (χ2v) is 5.71. The van der Waals surface area contributed by atoms with E-state index in [1.807, 2.05) is 0 Å². The molecule has 2 aromatic heterocycles. The molecule has 1 amide bonds. The summed E-state index contributed by atoms with van der Waals surface area (Å²) in [5.74, 6) is -1.68. The first kappa shape index (κ1) is 19.0. The highest BCUT2D eigenvalue weighted by Crippen LogP contribution is 2.12. The third kappa shape index (κ3) is 4.14. The van der Waals surface area contributed by atoms with Gasteiger partial charge in [-0.2, -0.15) is 5.10 Å². The van der Waals surface area contributed by atoms with Gasteiger partial charge in [-0.15, -0.1) is 0 Å². The van der Waals surface area contributed by atoms with Crippen molar-refractivity contribution in [2.45, 2.75) is 13.5 Å². The zero-order chi connectivity index (χ0) is 20.1. The van der Waals surface area contributed by atoms with Gasteiger partial charge in [0.25, 0.3) is 11.5 Å². The normalized spacial score (nSPS) is 10.5. The average molecular weight is 384 g/mol. The summed E-state index contributed by atoms with van der Waals surface area (Å²) in [5.41, 5.74) is -0.379. The van der Waals surface area contributed by atoms with Crippen molar-refractivity contribution in [3.63, 3.8) is 0 Å². The van der Waals surface area contributed by atoms with Crippen LogP contribution in [0.5, 0.6) is 0 Å². The van der Waals surface area contributed by atoms with E-state index in [0.717, 1.165) is 4.57 Å². The zero-order valence-corrected chi connectivity index (χ0v) is 15.0. The lowest BCUT2D eigenvalue weighted by molar-refractivity contribution is -0.143. The number of aromatic nitrogens is 3. The molecule has 0 saturated heterocycles. The van der Waals surface area contributed by atoms with Gasteiger partial charge in [0, 0.05) is 12.4 Å². The molecule has 0 radical (unpaired) electrons. The Hall–Kier alpha value is -3.75. The second kappa shape index (κ2) is 8.30. The summed E-state index contributed by atoms with van der Waals surface area (Å²) in [6.45, 7) is 1.60. The number of nitrogens with zero attached hydrogens (tertiary/aromatic N) is 3. The molecule has 0 aliphatic carbocycles. The van der Waals surface area contributed by atoms with Crippen molar-refractivity contribution in [3.8, 4) is 5.69 Å². The molecular weight excluding hydrogens is 367 g/mol. The molecule has 0 fully saturated rings. The predicted octanol–water partition coefficient (Wildman–Crippen LogP) is 1.99. The molecular formula is C19H17FN4O4. The van der Waals surface area contributed by atoms with Gasteiger partial charge in [0.1, 0.15) is 23.7 Å². The molecule has 0 aliphatic rings. The lowest BCUT2D eigenvalue weighted by atomic mass is 10.3. The number of anilines is 1. The molecule has 28 heavy (non-hydrogen) atoms. The molecule has 1 N–H and O–H groups in total. The van der Waals surface area contributed by atoms with Crippen LogP contribution in [0, 0.1) is 5.82 Å². The van der Waals surface area contributed by atoms with Crippen molar-refractivity contribution in [2.75, 3.05) is 11.9 Å². The van der Waals surface area contributed by atoms with Gasteiger partial charge in [0.05, 0.1) is 6.61 Å². The minimum atomic E-state index is -0.638. The molecule has 9 heteroatoms. The fourth-order valence-corrected chi connectivity index (χ4v) is 2.51. The minimum Gasteiger partial charge on any atom is -0.465 e. The van der Waals surface area contributed by atoms with E-state index in [1.54, 1.807) is 19.1 Å². The molecule has 2 heterocycles. The van der Waals surface area contributed by atoms with Crippen LogP contribution in [0.1, 0.15) is 17.4 Å². The maximum atomic E-state index is 13.8. The molecule has 3 aromatic rings. The van der Waals surface area contributed by atoms with Gasteiger partial charge in [-0.25, -0.2) is 9.07 Å². The van der Waals surface area contributed by atoms with E-state index in [1.165, 1.54) is 47.4 Å². The van der Waals surface area contributed by atoms with Crippen LogP contribution in [0.4, 0.5) is 10.1 Å². The highest BCUT2D eigenvalue weighted by atomic mass is 19.1. The van der Waals surface area contributed by atoms with Crippen molar-refractivity contribution in [2.24, 2.45) is 0 Å². The Morgan fingerprint density at radius 2 is 1.93 bits per heavy atom. The van der Waals surface area contributed by atoms with Crippen LogP contribution in [-0.4, -0.2) is 32.8 Å². The number of amides is 1. The molecule has 0 saturated carbocycles. The maximum Gasteiger partial charge on any atom is 0.326 e. The number of ether oxygens (including phenoxy) is 1. The van der Waals surface area contributed by atoms with Crippen LogP contribution in [0.15, 0.2) is 59.7 Å². The smallest absolute Gasteiger partial charge is 0.326 e. The highest BCUT2D eigenvalue weighted by Gasteiger charge is 2.15. The summed E-state index contributed by atoms with van der Waals surface area (Å²) < 4.78 is 21.0. The summed E-state index contributed by atoms with van der Waals surface area (Å²) in [5, 5.41) is 6.50. The van der Waals surface area contributed by atoms with E-state index in [4.69, 9.17) is 4.74 Å². The van der Waals surface area contributed by atoms with E-state index in [0.29, 0.717) is 0 Å². The number of para-hydroxylation sites is 1. The Kier molecular flexibility index (Phi) is 5.64. The Bertz CT molecular complexity index is 1070. The average Bonchev–Trinajstić information content (AvgIpc) is 3.15. The van der Waals surface area contributed by atoms with Crippen LogP contribution in [0.2, 0.25) is 0 Å². The number of nitrogens with one attached hydrogen (secondary N) is 1. The standard InChI is InChI=1S/C19H17FN4O4/c1-2-28-17(25)12-23-10-5-7-15(19(23)27)21-18(26)14-9-11-24(22-14)16-8-4-3-6-13(16)20/h3-11H,2,12H2,1H3,(H,21,26). The molecule has 0 unspecified atom stereocenters. The predicted molar refractivity (Wildman–Crippen MR) is 98.8 cm³/mol. The Morgan fingerprint density at radius 1 is 1.14 bits per heavy atom. The molecule has 0 aliphatic heterocycles. The van der Waals surface area contributed by atoms with E-state index >= 15 is 0 Å². The summed E-state index contributed by atoms with van der Waals surface area (Å²) in [7, 11) is 0. The fourth-order valence-electron chi connectivity index (χ4n) is 2.51. The monoisotopic (exact) mass is 384 g/mol. The van der Waals surface area contributed by atoms with Gasteiger partial charge >= 0.3 is 5.97 Å². The second-order valence-electron chi connectivity index (χ2n) is 5.71. The molecule has 8 nitrogen and oxygen atoms in total. The Morgan fingerprint density at radius 3 is 2.68 bits per heavy atom. The highest BCUT2D eigenvalue weighted by molar-refractivity contribution is 6.02. The quantitative estimate of drug-likeness (QED) is 0.656. The largest absolute Gasteiger partial charge is 0.465 e. The molecule has 0 bridgehead atoms. The summed E-state index contributed by atoms with van der Waals surface area (Å²) >= 11 is 0. The van der Waals surface area contributed by atoms with Crippen molar-refractivity contribution < 1.29 is 18.7 Å².